The van der Waals surface area contributed by atoms with Crippen LogP contribution in [0.3, 0.4) is 0 Å². The van der Waals surface area contributed by atoms with Crippen molar-refractivity contribution in [2.75, 3.05) is 13.7 Å². The lowest BCUT2D eigenvalue weighted by molar-refractivity contribution is -0.147. The van der Waals surface area contributed by atoms with E-state index in [1.165, 1.54) is 7.11 Å². The molecule has 1 amide bonds. The molecule has 1 heterocycles. The highest BCUT2D eigenvalue weighted by Gasteiger charge is 2.41. The molecule has 0 radical (unpaired) electrons. The molecule has 1 fully saturated rings. The number of carbonyl (C=O) groups is 2. The summed E-state index contributed by atoms with van der Waals surface area (Å²) < 4.78 is 4.70. The fourth-order valence-electron chi connectivity index (χ4n) is 2.19. The molecular formula is C12H22N2O4. The Hall–Kier alpha value is -1.14. The highest BCUT2D eigenvalue weighted by Crippen LogP contribution is 2.21. The number of rotatable bonds is 4. The summed E-state index contributed by atoms with van der Waals surface area (Å²) in [6.07, 6.45) is -0.283. The molecule has 0 bridgehead atoms. The van der Waals surface area contributed by atoms with Crippen LogP contribution in [0.5, 0.6) is 0 Å². The van der Waals surface area contributed by atoms with E-state index >= 15 is 0 Å². The largest absolute Gasteiger partial charge is 0.468 e. The van der Waals surface area contributed by atoms with Gasteiger partial charge in [-0.1, -0.05) is 0 Å². The fourth-order valence-corrected chi connectivity index (χ4v) is 2.19. The van der Waals surface area contributed by atoms with Crippen molar-refractivity contribution in [1.29, 1.82) is 0 Å². The Kier molecular flexibility index (Phi) is 5.10. The third kappa shape index (κ3) is 3.43. The standard InChI is InChI=1S/C12H22N2O4/c1-7(2)13-11(16)8(3)14-6-9(15)5-10(14)12(17)18-4/h7-10,15H,5-6H2,1-4H3,(H,13,16). The average molecular weight is 258 g/mol. The molecule has 0 spiro atoms. The number of amides is 1. The zero-order valence-electron chi connectivity index (χ0n) is 11.3. The molecule has 0 aliphatic carbocycles. The Morgan fingerprint density at radius 1 is 1.39 bits per heavy atom. The highest BCUT2D eigenvalue weighted by atomic mass is 16.5. The van der Waals surface area contributed by atoms with Crippen LogP contribution in [0.25, 0.3) is 0 Å². The number of aliphatic hydroxyl groups excluding tert-OH is 1. The molecule has 1 rings (SSSR count). The zero-order chi connectivity index (χ0) is 13.9. The molecule has 6 nitrogen and oxygen atoms in total. The maximum Gasteiger partial charge on any atom is 0.323 e. The number of likely N-dealkylation sites (tertiary alicyclic amines) is 1. The lowest BCUT2D eigenvalue weighted by Crippen LogP contribution is -2.51. The Bertz CT molecular complexity index is 319. The molecule has 18 heavy (non-hydrogen) atoms. The number of hydrogen-bond donors (Lipinski definition) is 2. The van der Waals surface area contributed by atoms with E-state index in [1.807, 2.05) is 13.8 Å². The van der Waals surface area contributed by atoms with Crippen LogP contribution in [0.2, 0.25) is 0 Å². The van der Waals surface area contributed by atoms with Crippen LogP contribution in [0.4, 0.5) is 0 Å². The van der Waals surface area contributed by atoms with Gasteiger partial charge in [0.25, 0.3) is 0 Å². The van der Waals surface area contributed by atoms with Gasteiger partial charge in [0.1, 0.15) is 6.04 Å². The summed E-state index contributed by atoms with van der Waals surface area (Å²) in [4.78, 5) is 25.2. The van der Waals surface area contributed by atoms with E-state index in [-0.39, 0.29) is 11.9 Å². The van der Waals surface area contributed by atoms with Crippen LogP contribution in [0.15, 0.2) is 0 Å². The Labute approximate surface area is 107 Å². The van der Waals surface area contributed by atoms with Crippen molar-refractivity contribution < 1.29 is 19.4 Å². The smallest absolute Gasteiger partial charge is 0.323 e. The van der Waals surface area contributed by atoms with E-state index in [2.05, 4.69) is 5.32 Å². The summed E-state index contributed by atoms with van der Waals surface area (Å²) in [6, 6.07) is -0.962. The number of carbonyl (C=O) groups excluding carboxylic acids is 2. The van der Waals surface area contributed by atoms with E-state index in [0.717, 1.165) is 0 Å². The summed E-state index contributed by atoms with van der Waals surface area (Å²) in [5, 5.41) is 12.4. The van der Waals surface area contributed by atoms with Gasteiger partial charge in [0.05, 0.1) is 19.3 Å². The molecule has 0 aromatic carbocycles. The van der Waals surface area contributed by atoms with Crippen molar-refractivity contribution in [3.63, 3.8) is 0 Å². The van der Waals surface area contributed by atoms with Crippen LogP contribution < -0.4 is 5.32 Å². The van der Waals surface area contributed by atoms with Crippen LogP contribution in [-0.2, 0) is 14.3 Å². The number of nitrogens with zero attached hydrogens (tertiary/aromatic N) is 1. The second kappa shape index (κ2) is 6.15. The fraction of sp³-hybridized carbons (Fsp3) is 0.833. The van der Waals surface area contributed by atoms with Gasteiger partial charge in [-0.05, 0) is 20.8 Å². The van der Waals surface area contributed by atoms with Crippen molar-refractivity contribution in [2.24, 2.45) is 0 Å². The number of β-amino-alcohol motifs (C(OH)–C–C–N with tert-alkyl or cyclic N) is 1. The number of ether oxygens (including phenoxy) is 1. The lowest BCUT2D eigenvalue weighted by atomic mass is 10.1. The zero-order valence-corrected chi connectivity index (χ0v) is 11.3. The Morgan fingerprint density at radius 3 is 2.50 bits per heavy atom. The van der Waals surface area contributed by atoms with Gasteiger partial charge in [-0.15, -0.1) is 0 Å². The normalized spacial score (nSPS) is 26.1. The maximum absolute atomic E-state index is 11.9. The van der Waals surface area contributed by atoms with Gasteiger partial charge in [0.2, 0.25) is 5.91 Å². The first-order valence-electron chi connectivity index (χ1n) is 6.18. The first-order valence-corrected chi connectivity index (χ1v) is 6.18. The van der Waals surface area contributed by atoms with Gasteiger partial charge in [-0.3, -0.25) is 14.5 Å². The van der Waals surface area contributed by atoms with Gasteiger partial charge in [-0.25, -0.2) is 0 Å². The predicted molar refractivity (Wildman–Crippen MR) is 65.9 cm³/mol. The van der Waals surface area contributed by atoms with Crippen LogP contribution >= 0.6 is 0 Å². The van der Waals surface area contributed by atoms with Crippen molar-refractivity contribution >= 4 is 11.9 Å². The van der Waals surface area contributed by atoms with Gasteiger partial charge < -0.3 is 15.2 Å². The molecule has 0 aromatic heterocycles. The highest BCUT2D eigenvalue weighted by molar-refractivity contribution is 5.83. The molecular weight excluding hydrogens is 236 g/mol. The summed E-state index contributed by atoms with van der Waals surface area (Å²) in [6.45, 7) is 5.79. The summed E-state index contributed by atoms with van der Waals surface area (Å²) >= 11 is 0. The third-order valence-corrected chi connectivity index (χ3v) is 3.10. The minimum Gasteiger partial charge on any atom is -0.468 e. The molecule has 104 valence electrons. The number of methoxy groups -OCH3 is 1. The van der Waals surface area contributed by atoms with E-state index in [0.29, 0.717) is 13.0 Å². The van der Waals surface area contributed by atoms with Crippen molar-refractivity contribution in [3.8, 4) is 0 Å². The summed E-state index contributed by atoms with van der Waals surface area (Å²) in [5.41, 5.74) is 0. The van der Waals surface area contributed by atoms with Gasteiger partial charge in [-0.2, -0.15) is 0 Å². The lowest BCUT2D eigenvalue weighted by Gasteiger charge is -2.28. The Morgan fingerprint density at radius 2 is 2.00 bits per heavy atom. The van der Waals surface area contributed by atoms with E-state index in [1.54, 1.807) is 11.8 Å². The van der Waals surface area contributed by atoms with Gasteiger partial charge in [0, 0.05) is 19.0 Å². The van der Waals surface area contributed by atoms with Crippen molar-refractivity contribution in [3.05, 3.63) is 0 Å². The second-order valence-corrected chi connectivity index (χ2v) is 4.96. The number of nitrogens with one attached hydrogen (secondary N) is 1. The molecule has 6 heteroatoms. The van der Waals surface area contributed by atoms with Crippen molar-refractivity contribution in [1.82, 2.24) is 10.2 Å². The molecule has 1 saturated heterocycles. The molecule has 2 N–H and O–H groups in total. The topological polar surface area (TPSA) is 78.9 Å². The minimum absolute atomic E-state index is 0.0454. The molecule has 1 aliphatic rings. The predicted octanol–water partition coefficient (Wildman–Crippen LogP) is -0.492. The van der Waals surface area contributed by atoms with Crippen LogP contribution in [-0.4, -0.2) is 59.8 Å². The number of hydrogen-bond acceptors (Lipinski definition) is 5. The van der Waals surface area contributed by atoms with E-state index < -0.39 is 24.2 Å². The number of aliphatic hydroxyl groups is 1. The van der Waals surface area contributed by atoms with Crippen LogP contribution in [0, 0.1) is 0 Å². The summed E-state index contributed by atoms with van der Waals surface area (Å²) in [7, 11) is 1.31. The molecule has 3 atom stereocenters. The quantitative estimate of drug-likeness (QED) is 0.665. The van der Waals surface area contributed by atoms with E-state index in [4.69, 9.17) is 4.74 Å². The summed E-state index contributed by atoms with van der Waals surface area (Å²) in [5.74, 6) is -0.552. The monoisotopic (exact) mass is 258 g/mol. The average Bonchev–Trinajstić information content (AvgIpc) is 2.68. The maximum atomic E-state index is 11.9. The van der Waals surface area contributed by atoms with Gasteiger partial charge >= 0.3 is 5.97 Å². The SMILES string of the molecule is COC(=O)C1CC(O)CN1C(C)C(=O)NC(C)C. The third-order valence-electron chi connectivity index (χ3n) is 3.10. The van der Waals surface area contributed by atoms with Crippen LogP contribution in [0.1, 0.15) is 27.2 Å². The first-order chi connectivity index (χ1) is 8.36. The Balaban J connectivity index is 2.73. The molecule has 1 aliphatic heterocycles. The van der Waals surface area contributed by atoms with E-state index in [9.17, 15) is 14.7 Å². The second-order valence-electron chi connectivity index (χ2n) is 4.96. The number of esters is 1. The molecule has 3 unspecified atom stereocenters. The van der Waals surface area contributed by atoms with Crippen molar-refractivity contribution in [2.45, 2.75) is 51.4 Å². The minimum atomic E-state index is -0.594. The van der Waals surface area contributed by atoms with Gasteiger partial charge in [0.15, 0.2) is 0 Å². The molecule has 0 saturated carbocycles. The first kappa shape index (κ1) is 14.9. The molecule has 0 aromatic rings.